The number of anilines is 1. The Morgan fingerprint density at radius 2 is 2.08 bits per heavy atom. The molecule has 2 N–H and O–H groups in total. The van der Waals surface area contributed by atoms with Gasteiger partial charge >= 0.3 is 0 Å². The quantitative estimate of drug-likeness (QED) is 0.849. The van der Waals surface area contributed by atoms with Gasteiger partial charge in [-0.05, 0) is 31.5 Å². The number of rotatable bonds is 5. The Kier molecular flexibility index (Phi) is 5.02. The first-order chi connectivity index (χ1) is 12.0. The molecular formula is C18H22N4O3. The highest BCUT2D eigenvalue weighted by atomic mass is 16.5. The number of amides is 2. The van der Waals surface area contributed by atoms with Crippen LogP contribution in [0.1, 0.15) is 22.6 Å². The van der Waals surface area contributed by atoms with Crippen LogP contribution in [0.3, 0.4) is 0 Å². The Bertz CT molecular complexity index is 748. The largest absolute Gasteiger partial charge is 0.361 e. The number of aromatic nitrogens is 1. The molecule has 1 aromatic heterocycles. The van der Waals surface area contributed by atoms with Crippen LogP contribution in [-0.4, -0.2) is 36.6 Å². The molecule has 0 saturated carbocycles. The van der Waals surface area contributed by atoms with Crippen LogP contribution in [0.5, 0.6) is 0 Å². The number of benzene rings is 1. The number of carbonyl (C=O) groups excluding carboxylic acids is 2. The van der Waals surface area contributed by atoms with Gasteiger partial charge in [-0.15, -0.1) is 0 Å². The smallest absolute Gasteiger partial charge is 0.239 e. The lowest BCUT2D eigenvalue weighted by atomic mass is 10.1. The van der Waals surface area contributed by atoms with Crippen molar-refractivity contribution < 1.29 is 14.1 Å². The monoisotopic (exact) mass is 342 g/mol. The molecule has 0 spiro atoms. The summed E-state index contributed by atoms with van der Waals surface area (Å²) in [6.07, 6.45) is 0.266. The number of nitrogens with zero attached hydrogens (tertiary/aromatic N) is 2. The van der Waals surface area contributed by atoms with Crippen LogP contribution in [0, 0.1) is 13.8 Å². The molecule has 0 radical (unpaired) electrons. The van der Waals surface area contributed by atoms with E-state index in [0.29, 0.717) is 25.4 Å². The molecule has 25 heavy (non-hydrogen) atoms. The minimum atomic E-state index is -0.0637. The fourth-order valence-electron chi connectivity index (χ4n) is 2.86. The van der Waals surface area contributed by atoms with Gasteiger partial charge in [0.15, 0.2) is 0 Å². The van der Waals surface area contributed by atoms with Crippen LogP contribution in [-0.2, 0) is 22.6 Å². The van der Waals surface area contributed by atoms with E-state index in [0.717, 1.165) is 29.1 Å². The van der Waals surface area contributed by atoms with Gasteiger partial charge in [-0.25, -0.2) is 0 Å². The van der Waals surface area contributed by atoms with E-state index in [9.17, 15) is 9.59 Å². The zero-order valence-corrected chi connectivity index (χ0v) is 14.5. The normalized spacial score (nSPS) is 14.3. The second-order valence-corrected chi connectivity index (χ2v) is 6.19. The molecule has 3 rings (SSSR count). The topological polar surface area (TPSA) is 87.5 Å². The summed E-state index contributed by atoms with van der Waals surface area (Å²) in [5.74, 6) is 0.663. The first-order valence-corrected chi connectivity index (χ1v) is 8.32. The van der Waals surface area contributed by atoms with Crippen molar-refractivity contribution >= 4 is 17.5 Å². The van der Waals surface area contributed by atoms with Gasteiger partial charge < -0.3 is 20.1 Å². The molecule has 2 aromatic rings. The van der Waals surface area contributed by atoms with E-state index in [1.807, 2.05) is 43.0 Å². The first kappa shape index (κ1) is 17.0. The summed E-state index contributed by atoms with van der Waals surface area (Å²) < 4.78 is 5.07. The zero-order chi connectivity index (χ0) is 17.8. The van der Waals surface area contributed by atoms with Gasteiger partial charge in [0.25, 0.3) is 0 Å². The molecule has 1 fully saturated rings. The summed E-state index contributed by atoms with van der Waals surface area (Å²) in [5, 5.41) is 9.58. The van der Waals surface area contributed by atoms with E-state index in [1.165, 1.54) is 0 Å². The van der Waals surface area contributed by atoms with E-state index in [1.54, 1.807) is 0 Å². The van der Waals surface area contributed by atoms with Crippen LogP contribution in [0.2, 0.25) is 0 Å². The minimum Gasteiger partial charge on any atom is -0.361 e. The SMILES string of the molecule is Cc1noc(C)c1CC(=O)NCc1ccc(N2CCNC(=O)C2)cc1. The van der Waals surface area contributed by atoms with Crippen molar-refractivity contribution in [1.82, 2.24) is 15.8 Å². The van der Waals surface area contributed by atoms with Crippen molar-refractivity contribution in [3.05, 3.63) is 46.8 Å². The number of hydrogen-bond acceptors (Lipinski definition) is 5. The number of hydrogen-bond donors (Lipinski definition) is 2. The zero-order valence-electron chi connectivity index (χ0n) is 14.5. The van der Waals surface area contributed by atoms with Crippen molar-refractivity contribution in [3.63, 3.8) is 0 Å². The van der Waals surface area contributed by atoms with Gasteiger partial charge in [-0.1, -0.05) is 17.3 Å². The molecule has 7 nitrogen and oxygen atoms in total. The highest BCUT2D eigenvalue weighted by Crippen LogP contribution is 2.16. The van der Waals surface area contributed by atoms with E-state index in [-0.39, 0.29) is 18.2 Å². The van der Waals surface area contributed by atoms with Gasteiger partial charge in [0, 0.05) is 30.9 Å². The Morgan fingerprint density at radius 3 is 2.72 bits per heavy atom. The number of nitrogens with one attached hydrogen (secondary N) is 2. The lowest BCUT2D eigenvalue weighted by Crippen LogP contribution is -2.47. The second kappa shape index (κ2) is 7.38. The standard InChI is InChI=1S/C18H22N4O3/c1-12-16(13(2)25-21-12)9-17(23)20-10-14-3-5-15(6-4-14)22-8-7-19-18(24)11-22/h3-6H,7-11H2,1-2H3,(H,19,24)(H,20,23). The van der Waals surface area contributed by atoms with Crippen molar-refractivity contribution in [1.29, 1.82) is 0 Å². The fraction of sp³-hybridized carbons (Fsp3) is 0.389. The van der Waals surface area contributed by atoms with Crippen LogP contribution in [0.4, 0.5) is 5.69 Å². The molecule has 7 heteroatoms. The van der Waals surface area contributed by atoms with Crippen molar-refractivity contribution in [3.8, 4) is 0 Å². The van der Waals surface area contributed by atoms with E-state index in [2.05, 4.69) is 15.8 Å². The average molecular weight is 342 g/mol. The van der Waals surface area contributed by atoms with Crippen LogP contribution < -0.4 is 15.5 Å². The third-order valence-corrected chi connectivity index (χ3v) is 4.35. The van der Waals surface area contributed by atoms with Crippen molar-refractivity contribution in [2.24, 2.45) is 0 Å². The highest BCUT2D eigenvalue weighted by molar-refractivity contribution is 5.82. The highest BCUT2D eigenvalue weighted by Gasteiger charge is 2.16. The predicted octanol–water partition coefficient (Wildman–Crippen LogP) is 1.09. The maximum atomic E-state index is 12.1. The van der Waals surface area contributed by atoms with Gasteiger partial charge in [0.05, 0.1) is 18.7 Å². The van der Waals surface area contributed by atoms with Gasteiger partial charge in [0.1, 0.15) is 5.76 Å². The van der Waals surface area contributed by atoms with E-state index >= 15 is 0 Å². The molecule has 1 aliphatic heterocycles. The van der Waals surface area contributed by atoms with Gasteiger partial charge in [0.2, 0.25) is 11.8 Å². The van der Waals surface area contributed by atoms with Crippen molar-refractivity contribution in [2.75, 3.05) is 24.5 Å². The van der Waals surface area contributed by atoms with Crippen molar-refractivity contribution in [2.45, 2.75) is 26.8 Å². The number of piperazine rings is 1. The van der Waals surface area contributed by atoms with E-state index < -0.39 is 0 Å². The lowest BCUT2D eigenvalue weighted by Gasteiger charge is -2.28. The van der Waals surface area contributed by atoms with Crippen LogP contribution >= 0.6 is 0 Å². The molecule has 1 aromatic carbocycles. The molecule has 0 atom stereocenters. The Balaban J connectivity index is 1.53. The maximum Gasteiger partial charge on any atom is 0.239 e. The third-order valence-electron chi connectivity index (χ3n) is 4.35. The molecule has 0 aliphatic carbocycles. The summed E-state index contributed by atoms with van der Waals surface area (Å²) in [7, 11) is 0. The van der Waals surface area contributed by atoms with Crippen LogP contribution in [0.25, 0.3) is 0 Å². The molecule has 2 amide bonds. The third kappa shape index (κ3) is 4.17. The Morgan fingerprint density at radius 1 is 1.32 bits per heavy atom. The lowest BCUT2D eigenvalue weighted by molar-refractivity contribution is -0.121. The second-order valence-electron chi connectivity index (χ2n) is 6.19. The summed E-state index contributed by atoms with van der Waals surface area (Å²) in [4.78, 5) is 25.6. The summed E-state index contributed by atoms with van der Waals surface area (Å²) in [6, 6.07) is 7.90. The predicted molar refractivity (Wildman–Crippen MR) is 93.2 cm³/mol. The Hall–Kier alpha value is -2.83. The summed E-state index contributed by atoms with van der Waals surface area (Å²) >= 11 is 0. The summed E-state index contributed by atoms with van der Waals surface area (Å²) in [5.41, 5.74) is 3.62. The van der Waals surface area contributed by atoms with Gasteiger partial charge in [-0.3, -0.25) is 9.59 Å². The Labute approximate surface area is 146 Å². The first-order valence-electron chi connectivity index (χ1n) is 8.32. The number of carbonyl (C=O) groups is 2. The fourth-order valence-corrected chi connectivity index (χ4v) is 2.86. The number of aryl methyl sites for hydroxylation is 2. The summed E-state index contributed by atoms with van der Waals surface area (Å²) in [6.45, 7) is 5.95. The van der Waals surface area contributed by atoms with Crippen LogP contribution in [0.15, 0.2) is 28.8 Å². The maximum absolute atomic E-state index is 12.1. The average Bonchev–Trinajstić information content (AvgIpc) is 2.92. The molecule has 1 aliphatic rings. The minimum absolute atomic E-state index is 0.0434. The molecule has 0 unspecified atom stereocenters. The molecule has 1 saturated heterocycles. The molecular weight excluding hydrogens is 320 g/mol. The molecule has 2 heterocycles. The molecule has 0 bridgehead atoms. The van der Waals surface area contributed by atoms with Gasteiger partial charge in [-0.2, -0.15) is 0 Å². The molecule has 132 valence electrons. The van der Waals surface area contributed by atoms with E-state index in [4.69, 9.17) is 4.52 Å².